The number of thiazole rings is 1. The van der Waals surface area contributed by atoms with Crippen molar-refractivity contribution in [3.05, 3.63) is 46.0 Å². The third-order valence-corrected chi connectivity index (χ3v) is 3.62. The molecule has 0 unspecified atom stereocenters. The van der Waals surface area contributed by atoms with E-state index in [2.05, 4.69) is 22.1 Å². The van der Waals surface area contributed by atoms with Crippen LogP contribution < -0.4 is 11.1 Å². The fourth-order valence-corrected chi connectivity index (χ4v) is 2.42. The molecule has 0 fully saturated rings. The lowest BCUT2D eigenvalue weighted by atomic mass is 10.0. The van der Waals surface area contributed by atoms with E-state index in [1.54, 1.807) is 6.07 Å². The summed E-state index contributed by atoms with van der Waals surface area (Å²) in [7, 11) is 0. The van der Waals surface area contributed by atoms with Gasteiger partial charge in [0.25, 0.3) is 5.91 Å². The molecule has 0 saturated heterocycles. The number of nitrogens with one attached hydrogen (secondary N) is 1. The van der Waals surface area contributed by atoms with Crippen LogP contribution in [0.4, 0.5) is 5.13 Å². The standard InChI is InChI=1S/C15H15N3OS/c1-10-9-20-15(17-10)18-14(19)13-7-3-5-12(11(13)2)6-4-8-16/h3,5,7,9H,8,16H2,1-2H3,(H,17,18,19). The summed E-state index contributed by atoms with van der Waals surface area (Å²) < 4.78 is 0. The highest BCUT2D eigenvalue weighted by atomic mass is 32.1. The first kappa shape index (κ1) is 14.3. The minimum Gasteiger partial charge on any atom is -0.320 e. The molecule has 4 nitrogen and oxygen atoms in total. The summed E-state index contributed by atoms with van der Waals surface area (Å²) >= 11 is 1.41. The first-order chi connectivity index (χ1) is 9.61. The molecule has 2 aromatic rings. The van der Waals surface area contributed by atoms with Crippen molar-refractivity contribution in [1.82, 2.24) is 4.98 Å². The largest absolute Gasteiger partial charge is 0.320 e. The Morgan fingerprint density at radius 2 is 2.25 bits per heavy atom. The van der Waals surface area contributed by atoms with Gasteiger partial charge in [-0.1, -0.05) is 17.9 Å². The Balaban J connectivity index is 2.26. The van der Waals surface area contributed by atoms with Crippen LogP contribution in [0.5, 0.6) is 0 Å². The maximum atomic E-state index is 12.3. The minimum atomic E-state index is -0.173. The Morgan fingerprint density at radius 3 is 2.90 bits per heavy atom. The van der Waals surface area contributed by atoms with E-state index in [9.17, 15) is 4.79 Å². The molecule has 0 saturated carbocycles. The average molecular weight is 285 g/mol. The highest BCUT2D eigenvalue weighted by molar-refractivity contribution is 7.13. The zero-order valence-corrected chi connectivity index (χ0v) is 12.2. The number of hydrogen-bond donors (Lipinski definition) is 2. The molecule has 0 aliphatic rings. The Bertz CT molecular complexity index is 695. The van der Waals surface area contributed by atoms with Gasteiger partial charge in [-0.2, -0.15) is 0 Å². The molecule has 0 bridgehead atoms. The fraction of sp³-hybridized carbons (Fsp3) is 0.200. The highest BCUT2D eigenvalue weighted by Crippen LogP contribution is 2.18. The van der Waals surface area contributed by atoms with Gasteiger partial charge in [-0.15, -0.1) is 11.3 Å². The number of aromatic nitrogens is 1. The van der Waals surface area contributed by atoms with Crippen molar-refractivity contribution in [2.75, 3.05) is 11.9 Å². The number of hydrogen-bond acceptors (Lipinski definition) is 4. The predicted molar refractivity (Wildman–Crippen MR) is 81.9 cm³/mol. The zero-order valence-electron chi connectivity index (χ0n) is 11.4. The molecule has 0 spiro atoms. The van der Waals surface area contributed by atoms with Crippen molar-refractivity contribution in [1.29, 1.82) is 0 Å². The van der Waals surface area contributed by atoms with Gasteiger partial charge in [0.15, 0.2) is 5.13 Å². The summed E-state index contributed by atoms with van der Waals surface area (Å²) in [5.41, 5.74) is 8.53. The summed E-state index contributed by atoms with van der Waals surface area (Å²) in [6, 6.07) is 5.47. The number of aryl methyl sites for hydroxylation is 1. The van der Waals surface area contributed by atoms with Crippen molar-refractivity contribution in [3.8, 4) is 11.8 Å². The van der Waals surface area contributed by atoms with Crippen molar-refractivity contribution < 1.29 is 4.79 Å². The Hall–Kier alpha value is -2.16. The Morgan fingerprint density at radius 1 is 1.45 bits per heavy atom. The maximum absolute atomic E-state index is 12.3. The zero-order chi connectivity index (χ0) is 14.5. The first-order valence-electron chi connectivity index (χ1n) is 6.14. The van der Waals surface area contributed by atoms with Crippen LogP contribution in [-0.2, 0) is 0 Å². The van der Waals surface area contributed by atoms with Crippen LogP contribution >= 0.6 is 11.3 Å². The number of rotatable bonds is 2. The van der Waals surface area contributed by atoms with Gasteiger partial charge in [-0.05, 0) is 31.5 Å². The van der Waals surface area contributed by atoms with Crippen LogP contribution in [0.3, 0.4) is 0 Å². The molecule has 3 N–H and O–H groups in total. The van der Waals surface area contributed by atoms with E-state index < -0.39 is 0 Å². The van der Waals surface area contributed by atoms with Crippen molar-refractivity contribution in [2.24, 2.45) is 5.73 Å². The number of carbonyl (C=O) groups excluding carboxylic acids is 1. The van der Waals surface area contributed by atoms with Crippen LogP contribution in [0.1, 0.15) is 27.2 Å². The molecule has 0 atom stereocenters. The van der Waals surface area contributed by atoms with Gasteiger partial charge >= 0.3 is 0 Å². The highest BCUT2D eigenvalue weighted by Gasteiger charge is 2.12. The molecular weight excluding hydrogens is 270 g/mol. The topological polar surface area (TPSA) is 68.0 Å². The third kappa shape index (κ3) is 3.23. The normalized spacial score (nSPS) is 9.75. The summed E-state index contributed by atoms with van der Waals surface area (Å²) in [6.45, 7) is 4.07. The SMILES string of the molecule is Cc1csc(NC(=O)c2cccc(C#CCN)c2C)n1. The number of amides is 1. The maximum Gasteiger partial charge on any atom is 0.257 e. The Kier molecular flexibility index (Phi) is 4.51. The summed E-state index contributed by atoms with van der Waals surface area (Å²) in [4.78, 5) is 16.5. The molecule has 0 radical (unpaired) electrons. The molecule has 1 aromatic heterocycles. The molecule has 1 aromatic carbocycles. The molecule has 1 heterocycles. The molecule has 0 aliphatic heterocycles. The van der Waals surface area contributed by atoms with E-state index in [1.807, 2.05) is 31.4 Å². The second-order valence-corrected chi connectivity index (χ2v) is 5.09. The summed E-state index contributed by atoms with van der Waals surface area (Å²) in [5.74, 6) is 5.60. The van der Waals surface area contributed by atoms with E-state index in [-0.39, 0.29) is 5.91 Å². The van der Waals surface area contributed by atoms with Crippen molar-refractivity contribution in [3.63, 3.8) is 0 Å². The Labute approximate surface area is 122 Å². The van der Waals surface area contributed by atoms with Gasteiger partial charge in [0.2, 0.25) is 0 Å². The van der Waals surface area contributed by atoms with Gasteiger partial charge in [0.05, 0.1) is 12.2 Å². The monoisotopic (exact) mass is 285 g/mol. The molecule has 2 rings (SSSR count). The number of benzene rings is 1. The van der Waals surface area contributed by atoms with E-state index in [0.29, 0.717) is 17.2 Å². The lowest BCUT2D eigenvalue weighted by Gasteiger charge is -2.07. The average Bonchev–Trinajstić information content (AvgIpc) is 2.83. The van der Waals surface area contributed by atoms with Gasteiger partial charge in [0.1, 0.15) is 0 Å². The van der Waals surface area contributed by atoms with Crippen LogP contribution in [0, 0.1) is 25.7 Å². The van der Waals surface area contributed by atoms with Crippen LogP contribution in [0.15, 0.2) is 23.6 Å². The summed E-state index contributed by atoms with van der Waals surface area (Å²) in [6.07, 6.45) is 0. The lowest BCUT2D eigenvalue weighted by molar-refractivity contribution is 0.102. The van der Waals surface area contributed by atoms with Gasteiger partial charge in [-0.3, -0.25) is 10.1 Å². The van der Waals surface area contributed by atoms with Crippen LogP contribution in [0.2, 0.25) is 0 Å². The van der Waals surface area contributed by atoms with Crippen molar-refractivity contribution in [2.45, 2.75) is 13.8 Å². The molecule has 0 aliphatic carbocycles. The first-order valence-corrected chi connectivity index (χ1v) is 7.02. The third-order valence-electron chi connectivity index (χ3n) is 2.74. The van der Waals surface area contributed by atoms with E-state index >= 15 is 0 Å². The number of anilines is 1. The quantitative estimate of drug-likeness (QED) is 0.832. The van der Waals surface area contributed by atoms with Crippen LogP contribution in [0.25, 0.3) is 0 Å². The molecule has 1 amide bonds. The summed E-state index contributed by atoms with van der Waals surface area (Å²) in [5, 5.41) is 5.30. The molecule has 102 valence electrons. The van der Waals surface area contributed by atoms with Crippen LogP contribution in [-0.4, -0.2) is 17.4 Å². The van der Waals surface area contributed by atoms with Gasteiger partial charge in [-0.25, -0.2) is 4.98 Å². The molecule has 5 heteroatoms. The number of nitrogens with two attached hydrogens (primary N) is 1. The predicted octanol–water partition coefficient (Wildman–Crippen LogP) is 2.32. The van der Waals surface area contributed by atoms with Gasteiger partial charge in [0, 0.05) is 16.5 Å². The van der Waals surface area contributed by atoms with Gasteiger partial charge < -0.3 is 5.73 Å². The lowest BCUT2D eigenvalue weighted by Crippen LogP contribution is -2.13. The van der Waals surface area contributed by atoms with E-state index in [0.717, 1.165) is 16.8 Å². The molecule has 20 heavy (non-hydrogen) atoms. The number of nitrogens with zero attached hydrogens (tertiary/aromatic N) is 1. The van der Waals surface area contributed by atoms with E-state index in [1.165, 1.54) is 11.3 Å². The van der Waals surface area contributed by atoms with E-state index in [4.69, 9.17) is 5.73 Å². The number of carbonyl (C=O) groups is 1. The second kappa shape index (κ2) is 6.33. The minimum absolute atomic E-state index is 0.173. The molecular formula is C15H15N3OS. The van der Waals surface area contributed by atoms with Crippen molar-refractivity contribution >= 4 is 22.4 Å². The smallest absolute Gasteiger partial charge is 0.257 e. The second-order valence-electron chi connectivity index (χ2n) is 4.23. The fourth-order valence-electron chi connectivity index (χ4n) is 1.74.